The van der Waals surface area contributed by atoms with Crippen LogP contribution < -0.4 is 10.6 Å². The third-order valence-electron chi connectivity index (χ3n) is 6.29. The number of amides is 2. The van der Waals surface area contributed by atoms with Gasteiger partial charge in [-0.15, -0.1) is 11.3 Å². The van der Waals surface area contributed by atoms with Crippen LogP contribution in [0.4, 0.5) is 4.79 Å². The van der Waals surface area contributed by atoms with Crippen LogP contribution in [0.5, 0.6) is 0 Å². The van der Waals surface area contributed by atoms with Gasteiger partial charge in [-0.25, -0.2) is 4.79 Å². The molecule has 5 rings (SSSR count). The van der Waals surface area contributed by atoms with Crippen molar-refractivity contribution in [2.45, 2.75) is 25.0 Å². The normalized spacial score (nSPS) is 21.6. The third kappa shape index (κ3) is 4.17. The highest BCUT2D eigenvalue weighted by Gasteiger charge is 2.34. The Morgan fingerprint density at radius 1 is 1.23 bits per heavy atom. The summed E-state index contributed by atoms with van der Waals surface area (Å²) in [5.41, 5.74) is 4.43. The summed E-state index contributed by atoms with van der Waals surface area (Å²) in [5.74, 6) is 0. The number of nitrogens with one attached hydrogen (secondary N) is 3. The minimum atomic E-state index is -0.0579. The van der Waals surface area contributed by atoms with Crippen LogP contribution in [0.15, 0.2) is 30.3 Å². The van der Waals surface area contributed by atoms with Gasteiger partial charge in [0.25, 0.3) is 0 Å². The highest BCUT2D eigenvalue weighted by atomic mass is 35.5. The van der Waals surface area contributed by atoms with E-state index in [1.165, 1.54) is 22.5 Å². The number of piperazine rings is 1. The van der Waals surface area contributed by atoms with Gasteiger partial charge in [0.15, 0.2) is 0 Å². The number of halogens is 2. The van der Waals surface area contributed by atoms with Crippen molar-refractivity contribution in [1.29, 1.82) is 0 Å². The van der Waals surface area contributed by atoms with Crippen molar-refractivity contribution in [2.24, 2.45) is 0 Å². The van der Waals surface area contributed by atoms with Gasteiger partial charge in [0, 0.05) is 44.5 Å². The Bertz CT molecular complexity index is 1100. The SMILES string of the molecule is CN1CCN(C(=O)NC2c3ccccc3C[C@@H]2NCc2cc3sc(Cl)c(Cl)c3[nH]2)CC1. The fourth-order valence-electron chi connectivity index (χ4n) is 4.51. The van der Waals surface area contributed by atoms with Crippen molar-refractivity contribution < 1.29 is 4.79 Å². The maximum atomic E-state index is 13.0. The molecule has 3 aromatic rings. The van der Waals surface area contributed by atoms with Crippen LogP contribution in [0.3, 0.4) is 0 Å². The molecular weight excluding hydrogens is 453 g/mol. The highest BCUT2D eigenvalue weighted by Crippen LogP contribution is 2.39. The van der Waals surface area contributed by atoms with E-state index in [0.29, 0.717) is 15.9 Å². The molecule has 1 fully saturated rings. The second-order valence-electron chi connectivity index (χ2n) is 8.33. The van der Waals surface area contributed by atoms with Crippen molar-refractivity contribution in [1.82, 2.24) is 25.4 Å². The molecule has 1 aliphatic carbocycles. The van der Waals surface area contributed by atoms with E-state index in [2.05, 4.69) is 51.8 Å². The summed E-state index contributed by atoms with van der Waals surface area (Å²) >= 11 is 13.9. The first-order chi connectivity index (χ1) is 15.0. The first kappa shape index (κ1) is 21.1. The Balaban J connectivity index is 1.30. The van der Waals surface area contributed by atoms with Crippen molar-refractivity contribution in [2.75, 3.05) is 33.2 Å². The molecule has 1 saturated heterocycles. The van der Waals surface area contributed by atoms with Crippen LogP contribution in [-0.4, -0.2) is 60.1 Å². The Hall–Kier alpha value is -1.77. The van der Waals surface area contributed by atoms with Gasteiger partial charge in [-0.05, 0) is 30.7 Å². The Morgan fingerprint density at radius 2 is 2.00 bits per heavy atom. The van der Waals surface area contributed by atoms with Gasteiger partial charge in [0.1, 0.15) is 4.34 Å². The lowest BCUT2D eigenvalue weighted by Gasteiger charge is -2.34. The summed E-state index contributed by atoms with van der Waals surface area (Å²) in [6.07, 6.45) is 0.880. The number of H-pyrrole nitrogens is 1. The van der Waals surface area contributed by atoms with E-state index in [-0.39, 0.29) is 18.1 Å². The van der Waals surface area contributed by atoms with Crippen LogP contribution in [0.2, 0.25) is 9.36 Å². The molecule has 0 saturated carbocycles. The van der Waals surface area contributed by atoms with Crippen LogP contribution in [0.25, 0.3) is 10.2 Å². The summed E-state index contributed by atoms with van der Waals surface area (Å²) < 4.78 is 1.67. The minimum Gasteiger partial charge on any atom is -0.355 e. The molecule has 6 nitrogen and oxygen atoms in total. The number of nitrogens with zero attached hydrogens (tertiary/aromatic N) is 2. The lowest BCUT2D eigenvalue weighted by Crippen LogP contribution is -2.53. The van der Waals surface area contributed by atoms with Crippen molar-refractivity contribution in [3.8, 4) is 0 Å². The van der Waals surface area contributed by atoms with Crippen LogP contribution >= 0.6 is 34.5 Å². The van der Waals surface area contributed by atoms with Crippen LogP contribution in [0.1, 0.15) is 22.9 Å². The zero-order chi connectivity index (χ0) is 21.5. The maximum Gasteiger partial charge on any atom is 0.318 e. The standard InChI is InChI=1S/C22H25Cl2N5OS/c1-28-6-8-29(9-7-28)22(30)27-19-15-5-3-2-4-13(15)10-16(19)25-12-14-11-17-20(26-14)18(23)21(24)31-17/h2-5,11,16,19,25-26H,6-10,12H2,1H3,(H,27,30)/t16-,19?/m0/s1. The molecule has 0 bridgehead atoms. The number of fused-ring (bicyclic) bond motifs is 2. The van der Waals surface area contributed by atoms with Gasteiger partial charge in [0.05, 0.1) is 21.3 Å². The van der Waals surface area contributed by atoms with Gasteiger partial charge in [-0.1, -0.05) is 47.5 Å². The number of carbonyl (C=O) groups is 1. The van der Waals surface area contributed by atoms with Crippen LogP contribution in [0, 0.1) is 0 Å². The average Bonchev–Trinajstić information content (AvgIpc) is 3.40. The monoisotopic (exact) mass is 477 g/mol. The Labute approximate surface area is 195 Å². The molecule has 2 aliphatic rings. The van der Waals surface area contributed by atoms with Crippen molar-refractivity contribution >= 4 is 50.8 Å². The summed E-state index contributed by atoms with van der Waals surface area (Å²) in [7, 11) is 2.09. The second kappa shape index (κ2) is 8.64. The predicted octanol–water partition coefficient (Wildman–Crippen LogP) is 4.25. The predicted molar refractivity (Wildman–Crippen MR) is 127 cm³/mol. The molecule has 9 heteroatoms. The first-order valence-corrected chi connectivity index (χ1v) is 12.1. The lowest BCUT2D eigenvalue weighted by molar-refractivity contribution is 0.150. The van der Waals surface area contributed by atoms with Gasteiger partial charge in [0.2, 0.25) is 0 Å². The fraction of sp³-hybridized carbons (Fsp3) is 0.409. The minimum absolute atomic E-state index is 0.0171. The molecule has 3 N–H and O–H groups in total. The summed E-state index contributed by atoms with van der Waals surface area (Å²) in [6.45, 7) is 4.00. The van der Waals surface area contributed by atoms with E-state index in [0.717, 1.165) is 48.5 Å². The summed E-state index contributed by atoms with van der Waals surface area (Å²) in [6, 6.07) is 10.5. The molecule has 0 radical (unpaired) electrons. The average molecular weight is 478 g/mol. The number of aromatic amines is 1. The van der Waals surface area contributed by atoms with Crippen LogP contribution in [-0.2, 0) is 13.0 Å². The van der Waals surface area contributed by atoms with E-state index in [9.17, 15) is 4.79 Å². The molecule has 1 aromatic carbocycles. The van der Waals surface area contributed by atoms with E-state index in [1.54, 1.807) is 0 Å². The molecule has 31 heavy (non-hydrogen) atoms. The number of urea groups is 1. The largest absolute Gasteiger partial charge is 0.355 e. The highest BCUT2D eigenvalue weighted by molar-refractivity contribution is 7.23. The number of hydrogen-bond donors (Lipinski definition) is 3. The van der Waals surface area contributed by atoms with E-state index in [1.807, 2.05) is 11.0 Å². The van der Waals surface area contributed by atoms with Gasteiger partial charge in [-0.2, -0.15) is 0 Å². The Kier molecular flexibility index (Phi) is 5.88. The maximum absolute atomic E-state index is 13.0. The molecule has 164 valence electrons. The zero-order valence-electron chi connectivity index (χ0n) is 17.3. The molecule has 2 aromatic heterocycles. The number of rotatable bonds is 4. The lowest BCUT2D eigenvalue weighted by atomic mass is 10.1. The molecule has 0 spiro atoms. The number of thiophene rings is 1. The number of hydrogen-bond acceptors (Lipinski definition) is 4. The molecule has 1 unspecified atom stereocenters. The molecule has 2 amide bonds. The van der Waals surface area contributed by atoms with Crippen molar-refractivity contribution in [3.63, 3.8) is 0 Å². The van der Waals surface area contributed by atoms with Gasteiger partial charge >= 0.3 is 6.03 Å². The van der Waals surface area contributed by atoms with E-state index in [4.69, 9.17) is 23.2 Å². The number of likely N-dealkylation sites (N-methyl/N-ethyl adjacent to an activating group) is 1. The number of benzene rings is 1. The topological polar surface area (TPSA) is 63.4 Å². The summed E-state index contributed by atoms with van der Waals surface area (Å²) in [5, 5.41) is 7.54. The van der Waals surface area contributed by atoms with E-state index >= 15 is 0 Å². The quantitative estimate of drug-likeness (QED) is 0.526. The third-order valence-corrected chi connectivity index (χ3v) is 8.22. The molecular formula is C22H25Cl2N5OS. The summed E-state index contributed by atoms with van der Waals surface area (Å²) in [4.78, 5) is 20.5. The zero-order valence-corrected chi connectivity index (χ0v) is 19.6. The van der Waals surface area contributed by atoms with Gasteiger partial charge in [-0.3, -0.25) is 0 Å². The molecule has 3 heterocycles. The smallest absolute Gasteiger partial charge is 0.318 e. The Morgan fingerprint density at radius 3 is 2.77 bits per heavy atom. The molecule has 1 aliphatic heterocycles. The van der Waals surface area contributed by atoms with Gasteiger partial charge < -0.3 is 25.4 Å². The number of carbonyl (C=O) groups excluding carboxylic acids is 1. The van der Waals surface area contributed by atoms with Crippen molar-refractivity contribution in [3.05, 3.63) is 56.5 Å². The molecule has 2 atom stereocenters. The first-order valence-electron chi connectivity index (χ1n) is 10.5. The number of aromatic nitrogens is 1. The van der Waals surface area contributed by atoms with E-state index < -0.39 is 0 Å². The fourth-order valence-corrected chi connectivity index (χ4v) is 6.01. The second-order valence-corrected chi connectivity index (χ2v) is 10.4.